The van der Waals surface area contributed by atoms with E-state index in [4.69, 9.17) is 0 Å². The molecule has 1 amide bonds. The zero-order chi connectivity index (χ0) is 12.0. The van der Waals surface area contributed by atoms with Gasteiger partial charge in [0.25, 0.3) is 0 Å². The average Bonchev–Trinajstić information content (AvgIpc) is 2.28. The summed E-state index contributed by atoms with van der Waals surface area (Å²) in [6.07, 6.45) is 2.32. The molecular formula is C12H15BrFNO. The van der Waals surface area contributed by atoms with Crippen LogP contribution in [0.5, 0.6) is 0 Å². The first-order valence-corrected chi connectivity index (χ1v) is 6.35. The van der Waals surface area contributed by atoms with Gasteiger partial charge >= 0.3 is 0 Å². The Kier molecular flexibility index (Phi) is 5.46. The number of carbonyl (C=O) groups is 1. The van der Waals surface area contributed by atoms with E-state index in [1.807, 2.05) is 0 Å². The average molecular weight is 288 g/mol. The van der Waals surface area contributed by atoms with E-state index < -0.39 is 0 Å². The molecule has 0 N–H and O–H groups in total. The molecule has 1 aromatic carbocycles. The summed E-state index contributed by atoms with van der Waals surface area (Å²) in [5.74, 6) is -0.302. The quantitative estimate of drug-likeness (QED) is 0.601. The van der Waals surface area contributed by atoms with Crippen molar-refractivity contribution in [2.24, 2.45) is 0 Å². The molecule has 0 atom stereocenters. The Morgan fingerprint density at radius 3 is 2.81 bits per heavy atom. The third kappa shape index (κ3) is 3.93. The number of rotatable bonds is 5. The number of anilines is 1. The topological polar surface area (TPSA) is 20.3 Å². The third-order valence-electron chi connectivity index (χ3n) is 2.34. The Morgan fingerprint density at radius 1 is 1.44 bits per heavy atom. The van der Waals surface area contributed by atoms with E-state index in [9.17, 15) is 9.18 Å². The van der Waals surface area contributed by atoms with E-state index in [0.717, 1.165) is 18.2 Å². The molecule has 0 radical (unpaired) electrons. The first kappa shape index (κ1) is 13.2. The molecule has 0 saturated carbocycles. The Balaban J connectivity index is 2.56. The first-order chi connectivity index (χ1) is 7.65. The molecule has 0 aromatic heterocycles. The van der Waals surface area contributed by atoms with Crippen LogP contribution in [0.1, 0.15) is 19.3 Å². The second-order valence-electron chi connectivity index (χ2n) is 3.58. The van der Waals surface area contributed by atoms with E-state index in [1.165, 1.54) is 17.0 Å². The fraction of sp³-hybridized carbons (Fsp3) is 0.417. The van der Waals surface area contributed by atoms with Crippen LogP contribution in [0, 0.1) is 5.82 Å². The highest BCUT2D eigenvalue weighted by molar-refractivity contribution is 9.09. The van der Waals surface area contributed by atoms with E-state index in [0.29, 0.717) is 12.1 Å². The van der Waals surface area contributed by atoms with Crippen LogP contribution in [0.3, 0.4) is 0 Å². The lowest BCUT2D eigenvalue weighted by atomic mass is 10.2. The maximum Gasteiger partial charge on any atom is 0.226 e. The monoisotopic (exact) mass is 287 g/mol. The molecule has 0 saturated heterocycles. The molecule has 0 fully saturated rings. The number of hydrogen-bond donors (Lipinski definition) is 0. The predicted octanol–water partition coefficient (Wildman–Crippen LogP) is 3.35. The lowest BCUT2D eigenvalue weighted by Gasteiger charge is -2.17. The Labute approximate surface area is 104 Å². The van der Waals surface area contributed by atoms with E-state index in [1.54, 1.807) is 19.2 Å². The minimum absolute atomic E-state index is 0.0200. The largest absolute Gasteiger partial charge is 0.315 e. The molecule has 16 heavy (non-hydrogen) atoms. The molecule has 1 rings (SSSR count). The van der Waals surface area contributed by atoms with Crippen molar-refractivity contribution in [3.8, 4) is 0 Å². The highest BCUT2D eigenvalue weighted by atomic mass is 79.9. The van der Waals surface area contributed by atoms with Crippen molar-refractivity contribution in [3.05, 3.63) is 30.1 Å². The van der Waals surface area contributed by atoms with Gasteiger partial charge in [0.1, 0.15) is 5.82 Å². The summed E-state index contributed by atoms with van der Waals surface area (Å²) in [6, 6.07) is 6.06. The van der Waals surface area contributed by atoms with E-state index in [2.05, 4.69) is 15.9 Å². The maximum absolute atomic E-state index is 13.0. The van der Waals surface area contributed by atoms with Crippen LogP contribution in [0.15, 0.2) is 24.3 Å². The van der Waals surface area contributed by atoms with Crippen molar-refractivity contribution in [1.82, 2.24) is 0 Å². The molecule has 0 aliphatic heterocycles. The minimum Gasteiger partial charge on any atom is -0.315 e. The Morgan fingerprint density at radius 2 is 2.19 bits per heavy atom. The minimum atomic E-state index is -0.322. The van der Waals surface area contributed by atoms with Crippen molar-refractivity contribution in [3.63, 3.8) is 0 Å². The van der Waals surface area contributed by atoms with Crippen molar-refractivity contribution < 1.29 is 9.18 Å². The molecule has 4 heteroatoms. The van der Waals surface area contributed by atoms with Crippen molar-refractivity contribution >= 4 is 27.5 Å². The van der Waals surface area contributed by atoms with Gasteiger partial charge in [-0.25, -0.2) is 4.39 Å². The normalized spacial score (nSPS) is 10.2. The molecule has 0 unspecified atom stereocenters. The lowest BCUT2D eigenvalue weighted by molar-refractivity contribution is -0.118. The summed E-state index contributed by atoms with van der Waals surface area (Å²) in [4.78, 5) is 13.2. The zero-order valence-electron chi connectivity index (χ0n) is 9.25. The standard InChI is InChI=1S/C12H15BrFNO/c1-15(12(16)7-2-3-8-13)11-6-4-5-10(14)9-11/h4-6,9H,2-3,7-8H2,1H3. The summed E-state index contributed by atoms with van der Waals surface area (Å²) in [5.41, 5.74) is 0.601. The van der Waals surface area contributed by atoms with Gasteiger partial charge in [-0.15, -0.1) is 0 Å². The van der Waals surface area contributed by atoms with Crippen LogP contribution in [-0.2, 0) is 4.79 Å². The smallest absolute Gasteiger partial charge is 0.226 e. The molecule has 0 aliphatic rings. The summed E-state index contributed by atoms with van der Waals surface area (Å²) in [6.45, 7) is 0. The van der Waals surface area contributed by atoms with Crippen LogP contribution in [0.4, 0.5) is 10.1 Å². The van der Waals surface area contributed by atoms with Gasteiger partial charge in [0.15, 0.2) is 0 Å². The van der Waals surface area contributed by atoms with Gasteiger partial charge in [0, 0.05) is 24.5 Å². The maximum atomic E-state index is 13.0. The molecule has 2 nitrogen and oxygen atoms in total. The van der Waals surface area contributed by atoms with Crippen molar-refractivity contribution in [2.75, 3.05) is 17.3 Å². The molecule has 0 aliphatic carbocycles. The van der Waals surface area contributed by atoms with E-state index >= 15 is 0 Å². The molecule has 88 valence electrons. The van der Waals surface area contributed by atoms with Crippen LogP contribution in [-0.4, -0.2) is 18.3 Å². The lowest BCUT2D eigenvalue weighted by Crippen LogP contribution is -2.25. The predicted molar refractivity (Wildman–Crippen MR) is 67.5 cm³/mol. The van der Waals surface area contributed by atoms with Crippen LogP contribution in [0.2, 0.25) is 0 Å². The Hall–Kier alpha value is -0.900. The number of alkyl halides is 1. The van der Waals surface area contributed by atoms with Gasteiger partial charge in [-0.2, -0.15) is 0 Å². The number of hydrogen-bond acceptors (Lipinski definition) is 1. The SMILES string of the molecule is CN(C(=O)CCCCBr)c1cccc(F)c1. The Bertz CT molecular complexity index is 357. The molecule has 1 aromatic rings. The van der Waals surface area contributed by atoms with Crippen molar-refractivity contribution in [1.29, 1.82) is 0 Å². The molecule has 0 heterocycles. The highest BCUT2D eigenvalue weighted by Crippen LogP contribution is 2.15. The summed E-state index contributed by atoms with van der Waals surface area (Å²) in [7, 11) is 1.67. The summed E-state index contributed by atoms with van der Waals surface area (Å²) >= 11 is 3.32. The van der Waals surface area contributed by atoms with Gasteiger partial charge in [-0.1, -0.05) is 22.0 Å². The van der Waals surface area contributed by atoms with Gasteiger partial charge in [-0.3, -0.25) is 4.79 Å². The van der Waals surface area contributed by atoms with Gasteiger partial charge < -0.3 is 4.90 Å². The molecular weight excluding hydrogens is 273 g/mol. The number of benzene rings is 1. The van der Waals surface area contributed by atoms with Crippen LogP contribution >= 0.6 is 15.9 Å². The fourth-order valence-corrected chi connectivity index (χ4v) is 1.76. The zero-order valence-corrected chi connectivity index (χ0v) is 10.8. The first-order valence-electron chi connectivity index (χ1n) is 5.23. The van der Waals surface area contributed by atoms with Crippen LogP contribution < -0.4 is 4.90 Å². The highest BCUT2D eigenvalue weighted by Gasteiger charge is 2.10. The number of carbonyl (C=O) groups excluding carboxylic acids is 1. The number of nitrogens with zero attached hydrogens (tertiary/aromatic N) is 1. The number of unbranched alkanes of at least 4 members (excludes halogenated alkanes) is 1. The summed E-state index contributed by atoms with van der Waals surface area (Å²) in [5, 5.41) is 0.907. The molecule has 0 spiro atoms. The fourth-order valence-electron chi connectivity index (χ4n) is 1.37. The van der Waals surface area contributed by atoms with E-state index in [-0.39, 0.29) is 11.7 Å². The number of amides is 1. The van der Waals surface area contributed by atoms with Crippen molar-refractivity contribution in [2.45, 2.75) is 19.3 Å². The molecule has 0 bridgehead atoms. The van der Waals surface area contributed by atoms with Gasteiger partial charge in [-0.05, 0) is 31.0 Å². The summed E-state index contributed by atoms with van der Waals surface area (Å²) < 4.78 is 13.0. The van der Waals surface area contributed by atoms with Gasteiger partial charge in [0.2, 0.25) is 5.91 Å². The second-order valence-corrected chi connectivity index (χ2v) is 4.37. The van der Waals surface area contributed by atoms with Gasteiger partial charge in [0.05, 0.1) is 0 Å². The third-order valence-corrected chi connectivity index (χ3v) is 2.90. The van der Waals surface area contributed by atoms with Crippen LogP contribution in [0.25, 0.3) is 0 Å². The second kappa shape index (κ2) is 6.63. The number of halogens is 2.